The average Bonchev–Trinajstić information content (AvgIpc) is 3.00. The van der Waals surface area contributed by atoms with Crippen molar-refractivity contribution in [1.29, 1.82) is 0 Å². The number of azo groups is 2. The Labute approximate surface area is 262 Å². The lowest BCUT2D eigenvalue weighted by Crippen LogP contribution is -2.07. The lowest BCUT2D eigenvalue weighted by molar-refractivity contribution is 0.0697. The Morgan fingerprint density at radius 2 is 1.50 bits per heavy atom. The monoisotopic (exact) mass is 667 g/mol. The highest BCUT2D eigenvalue weighted by atomic mass is 32.2. The summed E-state index contributed by atoms with van der Waals surface area (Å²) in [7, 11) is -8.41. The van der Waals surface area contributed by atoms with Gasteiger partial charge in [-0.15, -0.1) is 10.2 Å². The Kier molecular flexibility index (Phi) is 9.86. The maximum Gasteiger partial charge on any atom is 0.337 e. The molecule has 4 rings (SSSR count). The molecule has 0 aliphatic heterocycles. The molecule has 46 heavy (non-hydrogen) atoms. The van der Waals surface area contributed by atoms with Gasteiger partial charge < -0.3 is 15.5 Å². The summed E-state index contributed by atoms with van der Waals surface area (Å²) >= 11 is 0. The van der Waals surface area contributed by atoms with Crippen molar-refractivity contribution < 1.29 is 40.9 Å². The fraction of sp³-hybridized carbons (Fsp3) is 0.0714. The van der Waals surface area contributed by atoms with Gasteiger partial charge in [0.15, 0.2) is 5.75 Å². The molecule has 6 N–H and O–H groups in total. The third kappa shape index (κ3) is 8.12. The van der Waals surface area contributed by atoms with Crippen LogP contribution in [0.5, 0.6) is 5.75 Å². The van der Waals surface area contributed by atoms with Crippen LogP contribution in [0.25, 0.3) is 0 Å². The van der Waals surface area contributed by atoms with Crippen molar-refractivity contribution in [2.75, 3.05) is 17.8 Å². The zero-order chi connectivity index (χ0) is 33.6. The zero-order valence-electron chi connectivity index (χ0n) is 23.9. The minimum Gasteiger partial charge on any atom is -0.504 e. The molecule has 0 amide bonds. The summed E-state index contributed by atoms with van der Waals surface area (Å²) in [5.74, 6) is -2.69. The molecule has 0 heterocycles. The number of phenols is 1. The fourth-order valence-corrected chi connectivity index (χ4v) is 5.02. The summed E-state index contributed by atoms with van der Waals surface area (Å²) in [6.07, 6.45) is 0. The van der Waals surface area contributed by atoms with Crippen LogP contribution in [-0.4, -0.2) is 55.0 Å². The van der Waals surface area contributed by atoms with Crippen molar-refractivity contribution in [3.05, 3.63) is 95.6 Å². The molecular weight excluding hydrogens is 642 g/mol. The highest BCUT2D eigenvalue weighted by molar-refractivity contribution is 7.86. The average molecular weight is 668 g/mol. The maximum absolute atomic E-state index is 11.8. The molecule has 0 saturated carbocycles. The van der Waals surface area contributed by atoms with Crippen molar-refractivity contribution in [2.24, 2.45) is 25.6 Å². The second kappa shape index (κ2) is 13.6. The van der Waals surface area contributed by atoms with E-state index in [2.05, 4.69) is 36.3 Å². The number of phenolic OH excluding ortho intramolecular Hbond substituents is 1. The number of nitrogens with zero attached hydrogens (tertiary/aromatic N) is 5. The number of carboxylic acid groups (broad SMARTS) is 1. The predicted octanol–water partition coefficient (Wildman–Crippen LogP) is 5.91. The molecule has 238 valence electrons. The topological polar surface area (TPSA) is 252 Å². The van der Waals surface area contributed by atoms with E-state index >= 15 is 0 Å². The van der Waals surface area contributed by atoms with Gasteiger partial charge in [-0.2, -0.15) is 32.2 Å². The van der Waals surface area contributed by atoms with Gasteiger partial charge in [0.1, 0.15) is 16.3 Å². The molecule has 0 saturated heterocycles. The predicted molar refractivity (Wildman–Crippen MR) is 167 cm³/mol. The number of aryl methyl sites for hydroxylation is 1. The van der Waals surface area contributed by atoms with Crippen molar-refractivity contribution >= 4 is 60.5 Å². The Morgan fingerprint density at radius 1 is 0.804 bits per heavy atom. The van der Waals surface area contributed by atoms with E-state index in [-0.39, 0.29) is 22.6 Å². The Morgan fingerprint density at radius 3 is 2.13 bits per heavy atom. The molecule has 0 fully saturated rings. The Balaban J connectivity index is 1.84. The fourth-order valence-electron chi connectivity index (χ4n) is 3.78. The number of amidine groups is 1. The summed E-state index contributed by atoms with van der Waals surface area (Å²) in [5.41, 5.74) is 4.07. The summed E-state index contributed by atoms with van der Waals surface area (Å²) in [6.45, 7) is 1.76. The largest absolute Gasteiger partial charge is 0.504 e. The van der Waals surface area contributed by atoms with Crippen LogP contribution in [0.4, 0.5) is 28.4 Å². The minimum absolute atomic E-state index is 0.0513. The van der Waals surface area contributed by atoms with Crippen LogP contribution in [0.3, 0.4) is 0 Å². The Hall–Kier alpha value is -5.56. The molecule has 16 nitrogen and oxygen atoms in total. The number of hydrazone groups is 1. The van der Waals surface area contributed by atoms with Crippen LogP contribution < -0.4 is 10.7 Å². The second-order valence-electron chi connectivity index (χ2n) is 9.34. The molecule has 4 aromatic rings. The number of aromatic hydroxyl groups is 1. The van der Waals surface area contributed by atoms with E-state index in [1.807, 2.05) is 12.1 Å². The van der Waals surface area contributed by atoms with E-state index < -0.39 is 47.4 Å². The first kappa shape index (κ1) is 33.3. The van der Waals surface area contributed by atoms with Gasteiger partial charge in [0.2, 0.25) is 5.84 Å². The number of rotatable bonds is 10. The van der Waals surface area contributed by atoms with Gasteiger partial charge in [0.05, 0.1) is 21.8 Å². The summed E-state index contributed by atoms with van der Waals surface area (Å²) in [5, 5.41) is 43.6. The SMILES string of the molecule is CNc1ccc(N=Nc2cc(C(N=Nc3ccccc3C(=O)O)=NNc3cc(S(=O)(=O)O)cc(S(=O)(=O)O)c3O)ccc2C)cc1. The molecule has 0 spiro atoms. The molecule has 0 aromatic heterocycles. The van der Waals surface area contributed by atoms with E-state index in [0.29, 0.717) is 29.1 Å². The molecule has 0 unspecified atom stereocenters. The first-order chi connectivity index (χ1) is 21.7. The van der Waals surface area contributed by atoms with Crippen molar-refractivity contribution in [3.63, 3.8) is 0 Å². The number of carbonyl (C=O) groups is 1. The van der Waals surface area contributed by atoms with Crippen LogP contribution in [0.1, 0.15) is 21.5 Å². The third-order valence-corrected chi connectivity index (χ3v) is 7.89. The quantitative estimate of drug-likeness (QED) is 0.0289. The summed E-state index contributed by atoms with van der Waals surface area (Å²) < 4.78 is 66.2. The smallest absolute Gasteiger partial charge is 0.337 e. The van der Waals surface area contributed by atoms with E-state index in [1.54, 1.807) is 38.2 Å². The second-order valence-corrected chi connectivity index (χ2v) is 12.1. The summed E-state index contributed by atoms with van der Waals surface area (Å²) in [4.78, 5) is 9.45. The van der Waals surface area contributed by atoms with Crippen molar-refractivity contribution in [1.82, 2.24) is 0 Å². The molecular formula is C28H25N7O9S2. The molecule has 18 heteroatoms. The van der Waals surface area contributed by atoms with Gasteiger partial charge in [-0.05, 0) is 67.1 Å². The van der Waals surface area contributed by atoms with Crippen LogP contribution in [-0.2, 0) is 20.2 Å². The number of aromatic carboxylic acids is 1. The van der Waals surface area contributed by atoms with Gasteiger partial charge in [-0.25, -0.2) is 4.79 Å². The third-order valence-electron chi connectivity index (χ3n) is 6.19. The van der Waals surface area contributed by atoms with E-state index in [0.717, 1.165) is 5.69 Å². The minimum atomic E-state index is -5.17. The number of hydrogen-bond donors (Lipinski definition) is 6. The van der Waals surface area contributed by atoms with Crippen LogP contribution in [0.15, 0.2) is 114 Å². The first-order valence-corrected chi connectivity index (χ1v) is 15.8. The van der Waals surface area contributed by atoms with E-state index in [1.165, 1.54) is 30.3 Å². The molecule has 0 atom stereocenters. The molecule has 4 aromatic carbocycles. The number of anilines is 2. The standard InChI is InChI=1S/C28H25N7O9S2/c1-16-7-8-17(13-23(16)32-30-19-11-9-18(29-2)10-12-19)27(34-31-22-6-4-3-5-21(22)28(37)38)35-33-24-14-20(45(39,40)41)15-25(26(24)36)46(42,43)44/h3-15,29,33,36H,1-2H3,(H,37,38)(H,39,40,41)(H,42,43,44). The van der Waals surface area contributed by atoms with Crippen LogP contribution >= 0.6 is 0 Å². The van der Waals surface area contributed by atoms with Gasteiger partial charge in [0, 0.05) is 18.3 Å². The number of nitrogens with one attached hydrogen (secondary N) is 2. The van der Waals surface area contributed by atoms with Crippen LogP contribution in [0.2, 0.25) is 0 Å². The lowest BCUT2D eigenvalue weighted by atomic mass is 10.1. The van der Waals surface area contributed by atoms with Gasteiger partial charge in [0.25, 0.3) is 20.2 Å². The first-order valence-electron chi connectivity index (χ1n) is 12.9. The van der Waals surface area contributed by atoms with Gasteiger partial charge in [-0.3, -0.25) is 14.5 Å². The summed E-state index contributed by atoms with van der Waals surface area (Å²) in [6, 6.07) is 18.5. The van der Waals surface area contributed by atoms with Crippen molar-refractivity contribution in [2.45, 2.75) is 16.7 Å². The maximum atomic E-state index is 11.8. The van der Waals surface area contributed by atoms with E-state index in [9.17, 15) is 40.9 Å². The van der Waals surface area contributed by atoms with Gasteiger partial charge in [-0.1, -0.05) is 24.3 Å². The normalized spacial score (nSPS) is 12.5. The van der Waals surface area contributed by atoms with Gasteiger partial charge >= 0.3 is 5.97 Å². The molecule has 0 aliphatic carbocycles. The number of hydrogen-bond acceptors (Lipinski definition) is 12. The number of benzene rings is 4. The highest BCUT2D eigenvalue weighted by Crippen LogP contribution is 2.35. The highest BCUT2D eigenvalue weighted by Gasteiger charge is 2.24. The molecule has 0 aliphatic rings. The van der Waals surface area contributed by atoms with Crippen molar-refractivity contribution in [3.8, 4) is 5.75 Å². The van der Waals surface area contributed by atoms with Crippen LogP contribution in [0, 0.1) is 6.92 Å². The lowest BCUT2D eigenvalue weighted by Gasteiger charge is -2.11. The zero-order valence-corrected chi connectivity index (χ0v) is 25.5. The number of carboxylic acids is 1. The molecule has 0 radical (unpaired) electrons. The Bertz CT molecular complexity index is 2120. The van der Waals surface area contributed by atoms with E-state index in [4.69, 9.17) is 0 Å². The molecule has 0 bridgehead atoms.